The Morgan fingerprint density at radius 1 is 0.872 bits per heavy atom. The minimum Gasteiger partial charge on any atom is -0.507 e. The van der Waals surface area contributed by atoms with Gasteiger partial charge in [-0.15, -0.1) is 0 Å². The lowest BCUT2D eigenvalue weighted by molar-refractivity contribution is -0.130. The van der Waals surface area contributed by atoms with Gasteiger partial charge in [-0.1, -0.05) is 84.0 Å². The molecule has 218 valence electrons. The summed E-state index contributed by atoms with van der Waals surface area (Å²) in [5.74, 6) is 0.138. The second kappa shape index (κ2) is 13.5. The molecule has 0 radical (unpaired) electrons. The van der Waals surface area contributed by atoms with E-state index in [1.165, 1.54) is 5.56 Å². The van der Waals surface area contributed by atoms with Crippen LogP contribution in [0.4, 0.5) is 0 Å². The fourth-order valence-corrected chi connectivity index (χ4v) is 6.75. The van der Waals surface area contributed by atoms with E-state index in [0.29, 0.717) is 6.54 Å². The van der Waals surface area contributed by atoms with Crippen molar-refractivity contribution in [2.45, 2.75) is 112 Å². The second-order valence-corrected chi connectivity index (χ2v) is 14.9. The number of nitrogens with zero attached hydrogens (tertiary/aromatic N) is 1. The SMILES string of the molecule is CC(C)OP(=O)(CN(CCCc1ccccc1)C(=O)Cc1cc(C(C)(C)C)c(O)c(C(C)(C)C)c1)OC(C)C. The molecule has 0 bridgehead atoms. The molecule has 2 rings (SSSR count). The Bertz CT molecular complexity index is 1080. The van der Waals surface area contributed by atoms with Crippen molar-refractivity contribution in [1.82, 2.24) is 4.90 Å². The van der Waals surface area contributed by atoms with Crippen LogP contribution in [-0.4, -0.2) is 41.0 Å². The molecular formula is C32H50NO5P. The summed E-state index contributed by atoms with van der Waals surface area (Å²) in [6, 6.07) is 14.0. The fourth-order valence-electron chi connectivity index (χ4n) is 4.56. The van der Waals surface area contributed by atoms with Gasteiger partial charge < -0.3 is 19.1 Å². The molecule has 1 N–H and O–H groups in total. The average Bonchev–Trinajstić information content (AvgIpc) is 2.77. The number of hydrogen-bond acceptors (Lipinski definition) is 5. The molecule has 0 spiro atoms. The summed E-state index contributed by atoms with van der Waals surface area (Å²) in [5.41, 5.74) is 3.03. The summed E-state index contributed by atoms with van der Waals surface area (Å²) in [5, 5.41) is 11.1. The number of aryl methyl sites for hydroxylation is 1. The number of amides is 1. The monoisotopic (exact) mass is 559 g/mol. The van der Waals surface area contributed by atoms with Gasteiger partial charge in [-0.3, -0.25) is 9.36 Å². The molecule has 0 saturated carbocycles. The Morgan fingerprint density at radius 2 is 1.36 bits per heavy atom. The molecule has 0 fully saturated rings. The highest BCUT2D eigenvalue weighted by Gasteiger charge is 2.33. The zero-order valence-corrected chi connectivity index (χ0v) is 26.6. The molecule has 6 nitrogen and oxygen atoms in total. The Morgan fingerprint density at radius 3 is 1.79 bits per heavy atom. The molecule has 0 atom stereocenters. The van der Waals surface area contributed by atoms with E-state index in [0.717, 1.165) is 29.5 Å². The van der Waals surface area contributed by atoms with Gasteiger partial charge >= 0.3 is 7.60 Å². The van der Waals surface area contributed by atoms with Gasteiger partial charge in [0.25, 0.3) is 0 Å². The highest BCUT2D eigenvalue weighted by Crippen LogP contribution is 2.51. The van der Waals surface area contributed by atoms with Gasteiger partial charge in [0.1, 0.15) is 12.0 Å². The van der Waals surface area contributed by atoms with Crippen molar-refractivity contribution in [1.29, 1.82) is 0 Å². The Hall–Kier alpha value is -2.14. The van der Waals surface area contributed by atoms with Gasteiger partial charge in [0, 0.05) is 6.54 Å². The van der Waals surface area contributed by atoms with Gasteiger partial charge in [-0.05, 0) is 73.6 Å². The zero-order chi connectivity index (χ0) is 29.6. The number of benzene rings is 2. The normalized spacial score (nSPS) is 12.8. The second-order valence-electron chi connectivity index (χ2n) is 13.0. The molecule has 7 heteroatoms. The maximum atomic E-state index is 13.8. The van der Waals surface area contributed by atoms with Crippen molar-refractivity contribution >= 4 is 13.5 Å². The first-order valence-corrected chi connectivity index (χ1v) is 15.8. The standard InChI is InChI=1S/C32H50NO5P/c1-23(2)37-39(36,38-24(3)4)22-33(18-14-17-25-15-12-11-13-16-25)29(34)21-26-19-27(31(5,6)7)30(35)28(20-26)32(8,9)10/h11-13,15-16,19-20,23-24,35H,14,17-18,21-22H2,1-10H3. The summed E-state index contributed by atoms with van der Waals surface area (Å²) in [6.07, 6.45) is 0.921. The molecule has 0 saturated heterocycles. The Kier molecular flexibility index (Phi) is 11.4. The maximum absolute atomic E-state index is 13.8. The number of carbonyl (C=O) groups excluding carboxylic acids is 1. The minimum atomic E-state index is -3.57. The van der Waals surface area contributed by atoms with Crippen molar-refractivity contribution in [3.05, 3.63) is 64.7 Å². The lowest BCUT2D eigenvalue weighted by atomic mass is 9.78. The summed E-state index contributed by atoms with van der Waals surface area (Å²) in [7, 11) is -3.57. The van der Waals surface area contributed by atoms with Crippen molar-refractivity contribution in [3.63, 3.8) is 0 Å². The smallest absolute Gasteiger partial charge is 0.350 e. The van der Waals surface area contributed by atoms with E-state index >= 15 is 0 Å². The van der Waals surface area contributed by atoms with Crippen LogP contribution in [0, 0.1) is 0 Å². The maximum Gasteiger partial charge on any atom is 0.350 e. The van der Waals surface area contributed by atoms with Crippen LogP contribution < -0.4 is 0 Å². The van der Waals surface area contributed by atoms with Crippen LogP contribution in [0.2, 0.25) is 0 Å². The van der Waals surface area contributed by atoms with Crippen molar-refractivity contribution < 1.29 is 23.5 Å². The first-order valence-electron chi connectivity index (χ1n) is 14.1. The average molecular weight is 560 g/mol. The molecule has 0 aliphatic rings. The van der Waals surface area contributed by atoms with E-state index in [-0.39, 0.29) is 47.4 Å². The molecule has 39 heavy (non-hydrogen) atoms. The summed E-state index contributed by atoms with van der Waals surface area (Å²) >= 11 is 0. The minimum absolute atomic E-state index is 0.104. The van der Waals surface area contributed by atoms with Crippen LogP contribution in [0.5, 0.6) is 5.75 Å². The van der Waals surface area contributed by atoms with E-state index in [4.69, 9.17) is 9.05 Å². The molecule has 0 aliphatic carbocycles. The van der Waals surface area contributed by atoms with Gasteiger partial charge in [-0.2, -0.15) is 0 Å². The Balaban J connectivity index is 2.41. The molecule has 0 unspecified atom stereocenters. The number of hydrogen-bond donors (Lipinski definition) is 1. The predicted octanol–water partition coefficient (Wildman–Crippen LogP) is 7.99. The summed E-state index contributed by atoms with van der Waals surface area (Å²) in [4.78, 5) is 15.5. The third-order valence-electron chi connectivity index (χ3n) is 6.32. The third kappa shape index (κ3) is 10.4. The number of aromatic hydroxyl groups is 1. The van der Waals surface area contributed by atoms with Gasteiger partial charge in [-0.25, -0.2) is 0 Å². The van der Waals surface area contributed by atoms with Crippen LogP contribution in [0.15, 0.2) is 42.5 Å². The first kappa shape index (κ1) is 33.1. The molecule has 2 aromatic rings. The highest BCUT2D eigenvalue weighted by atomic mass is 31.2. The van der Waals surface area contributed by atoms with Crippen LogP contribution >= 0.6 is 7.60 Å². The number of rotatable bonds is 12. The van der Waals surface area contributed by atoms with Crippen LogP contribution in [0.1, 0.15) is 97.9 Å². The van der Waals surface area contributed by atoms with E-state index in [1.54, 1.807) is 4.90 Å². The molecule has 0 aliphatic heterocycles. The van der Waals surface area contributed by atoms with Crippen LogP contribution in [0.25, 0.3) is 0 Å². The number of phenolic OH excluding ortho intramolecular Hbond substituents is 1. The predicted molar refractivity (Wildman–Crippen MR) is 161 cm³/mol. The highest BCUT2D eigenvalue weighted by molar-refractivity contribution is 7.53. The third-order valence-corrected chi connectivity index (χ3v) is 8.49. The topological polar surface area (TPSA) is 76.1 Å². The van der Waals surface area contributed by atoms with Gasteiger partial charge in [0.05, 0.1) is 18.6 Å². The van der Waals surface area contributed by atoms with Gasteiger partial charge in [0.15, 0.2) is 0 Å². The van der Waals surface area contributed by atoms with Crippen molar-refractivity contribution in [3.8, 4) is 5.75 Å². The largest absolute Gasteiger partial charge is 0.507 e. The lowest BCUT2D eigenvalue weighted by Crippen LogP contribution is -2.35. The Labute approximate surface area is 236 Å². The molecule has 0 heterocycles. The summed E-state index contributed by atoms with van der Waals surface area (Å²) in [6.45, 7) is 20.0. The van der Waals surface area contributed by atoms with E-state index < -0.39 is 7.60 Å². The molecule has 2 aromatic carbocycles. The quantitative estimate of drug-likeness (QED) is 0.267. The van der Waals surface area contributed by atoms with Crippen molar-refractivity contribution in [2.24, 2.45) is 0 Å². The fraction of sp³-hybridized carbons (Fsp3) is 0.594. The van der Waals surface area contributed by atoms with Crippen LogP contribution in [-0.2, 0) is 42.1 Å². The summed E-state index contributed by atoms with van der Waals surface area (Å²) < 4.78 is 25.4. The van der Waals surface area contributed by atoms with E-state index in [1.807, 2.05) is 58.0 Å². The molecule has 1 amide bonds. The van der Waals surface area contributed by atoms with Crippen LogP contribution in [0.3, 0.4) is 0 Å². The molecular weight excluding hydrogens is 509 g/mol. The number of phenols is 1. The van der Waals surface area contributed by atoms with Gasteiger partial charge in [0.2, 0.25) is 5.91 Å². The lowest BCUT2D eigenvalue weighted by Gasteiger charge is -2.30. The van der Waals surface area contributed by atoms with Crippen molar-refractivity contribution in [2.75, 3.05) is 12.8 Å². The van der Waals surface area contributed by atoms with E-state index in [9.17, 15) is 14.5 Å². The zero-order valence-electron chi connectivity index (χ0n) is 25.7. The first-order chi connectivity index (χ1) is 17.9. The van der Waals surface area contributed by atoms with E-state index in [2.05, 4.69) is 53.7 Å². The molecule has 0 aromatic heterocycles. The number of carbonyl (C=O) groups is 1.